The second-order valence-electron chi connectivity index (χ2n) is 10.9. The van der Waals surface area contributed by atoms with Crippen LogP contribution in [0.4, 0.5) is 0 Å². The maximum Gasteiger partial charge on any atom is 0.254 e. The number of nitrogens with one attached hydrogen (secondary N) is 1. The summed E-state index contributed by atoms with van der Waals surface area (Å²) in [6.45, 7) is 9.10. The number of carbonyl (C=O) groups is 1. The minimum absolute atomic E-state index is 0.00629. The van der Waals surface area contributed by atoms with Gasteiger partial charge in [0.2, 0.25) is 0 Å². The molecule has 1 unspecified atom stereocenters. The predicted octanol–water partition coefficient (Wildman–Crippen LogP) is 5.80. The molecule has 1 aromatic heterocycles. The maximum absolute atomic E-state index is 14.1. The molecule has 1 heterocycles. The quantitative estimate of drug-likeness (QED) is 0.230. The second-order valence-corrected chi connectivity index (χ2v) is 10.9. The van der Waals surface area contributed by atoms with Gasteiger partial charge < -0.3 is 19.9 Å². The molecule has 1 atom stereocenters. The highest BCUT2D eigenvalue weighted by Crippen LogP contribution is 2.40. The van der Waals surface area contributed by atoms with Crippen LogP contribution in [0.2, 0.25) is 0 Å². The number of hydrogen-bond acceptors (Lipinski definition) is 4. The van der Waals surface area contributed by atoms with E-state index in [9.17, 15) is 4.79 Å². The summed E-state index contributed by atoms with van der Waals surface area (Å²) < 4.78 is 2.21. The number of rotatable bonds is 12. The topological polar surface area (TPSA) is 70.4 Å². The van der Waals surface area contributed by atoms with E-state index in [4.69, 9.17) is 10.1 Å². The standard InChI is InChI=1S/C33H40N4O2/c1-33(2,3)30(37(22-13-20-34-21-23-38)32(39)28-18-11-6-12-19-28)31-35-29(27-16-9-5-10-17-27)25-36(31)24-26-14-7-4-8-15-26/h4-12,14-19,25,30,34,38H,13,20-24H2,1-3H3. The van der Waals surface area contributed by atoms with Crippen LogP contribution in [-0.4, -0.2) is 51.7 Å². The zero-order valence-electron chi connectivity index (χ0n) is 23.3. The van der Waals surface area contributed by atoms with Gasteiger partial charge in [-0.25, -0.2) is 4.98 Å². The molecule has 4 aromatic rings. The third-order valence-corrected chi connectivity index (χ3v) is 6.77. The van der Waals surface area contributed by atoms with E-state index in [1.54, 1.807) is 0 Å². The lowest BCUT2D eigenvalue weighted by atomic mass is 9.84. The van der Waals surface area contributed by atoms with Gasteiger partial charge in [-0.1, -0.05) is 99.6 Å². The van der Waals surface area contributed by atoms with Crippen LogP contribution in [0.25, 0.3) is 11.3 Å². The summed E-state index contributed by atoms with van der Waals surface area (Å²) in [7, 11) is 0. The number of carbonyl (C=O) groups excluding carboxylic acids is 1. The molecule has 4 rings (SSSR count). The van der Waals surface area contributed by atoms with Gasteiger partial charge in [0.15, 0.2) is 0 Å². The fourth-order valence-electron chi connectivity index (χ4n) is 4.97. The molecule has 6 heteroatoms. The number of hydrogen-bond donors (Lipinski definition) is 2. The zero-order valence-corrected chi connectivity index (χ0v) is 23.3. The van der Waals surface area contributed by atoms with Crippen molar-refractivity contribution < 1.29 is 9.90 Å². The minimum atomic E-state index is -0.295. The maximum atomic E-state index is 14.1. The van der Waals surface area contributed by atoms with E-state index in [1.807, 2.05) is 59.5 Å². The second kappa shape index (κ2) is 13.4. The summed E-state index contributed by atoms with van der Waals surface area (Å²) in [4.78, 5) is 21.3. The first-order valence-corrected chi connectivity index (χ1v) is 13.7. The summed E-state index contributed by atoms with van der Waals surface area (Å²) in [5.41, 5.74) is 3.49. The Bertz CT molecular complexity index is 1300. The Balaban J connectivity index is 1.80. The molecule has 6 nitrogen and oxygen atoms in total. The molecule has 0 bridgehead atoms. The lowest BCUT2D eigenvalue weighted by Gasteiger charge is -2.40. The van der Waals surface area contributed by atoms with Crippen molar-refractivity contribution in [2.45, 2.75) is 39.8 Å². The Labute approximate surface area is 232 Å². The fraction of sp³-hybridized carbons (Fsp3) is 0.333. The number of benzene rings is 3. The number of aliphatic hydroxyl groups excluding tert-OH is 1. The molecule has 0 spiro atoms. The monoisotopic (exact) mass is 524 g/mol. The van der Waals surface area contributed by atoms with E-state index < -0.39 is 0 Å². The van der Waals surface area contributed by atoms with Gasteiger partial charge in [-0.3, -0.25) is 4.79 Å². The Morgan fingerprint density at radius 2 is 1.54 bits per heavy atom. The van der Waals surface area contributed by atoms with Gasteiger partial charge in [0.1, 0.15) is 5.82 Å². The average molecular weight is 525 g/mol. The molecule has 3 aromatic carbocycles. The highest BCUT2D eigenvalue weighted by Gasteiger charge is 2.38. The van der Waals surface area contributed by atoms with Crippen molar-refractivity contribution in [3.63, 3.8) is 0 Å². The van der Waals surface area contributed by atoms with E-state index in [0.717, 1.165) is 23.5 Å². The van der Waals surface area contributed by atoms with Gasteiger partial charge >= 0.3 is 0 Å². The Morgan fingerprint density at radius 3 is 2.15 bits per heavy atom. The van der Waals surface area contributed by atoms with E-state index in [0.29, 0.717) is 31.7 Å². The first-order chi connectivity index (χ1) is 18.9. The van der Waals surface area contributed by atoms with E-state index in [-0.39, 0.29) is 24.0 Å². The molecule has 0 fully saturated rings. The Morgan fingerprint density at radius 1 is 0.923 bits per heavy atom. The Kier molecular flexibility index (Phi) is 9.69. The molecular weight excluding hydrogens is 484 g/mol. The van der Waals surface area contributed by atoms with E-state index in [2.05, 4.69) is 73.3 Å². The van der Waals surface area contributed by atoms with E-state index in [1.165, 1.54) is 5.56 Å². The third-order valence-electron chi connectivity index (χ3n) is 6.77. The van der Waals surface area contributed by atoms with Crippen LogP contribution in [0.15, 0.2) is 97.2 Å². The molecule has 0 aliphatic carbocycles. The van der Waals surface area contributed by atoms with Crippen LogP contribution in [0, 0.1) is 5.41 Å². The fourth-order valence-corrected chi connectivity index (χ4v) is 4.97. The van der Waals surface area contributed by atoms with Gasteiger partial charge in [0.05, 0.1) is 18.3 Å². The summed E-state index contributed by atoms with van der Waals surface area (Å²) >= 11 is 0. The van der Waals surface area contributed by atoms with Crippen molar-refractivity contribution in [3.8, 4) is 11.3 Å². The van der Waals surface area contributed by atoms with Gasteiger partial charge in [-0.2, -0.15) is 0 Å². The molecular formula is C33H40N4O2. The number of amides is 1. The van der Waals surface area contributed by atoms with Crippen LogP contribution >= 0.6 is 0 Å². The molecule has 204 valence electrons. The normalized spacial score (nSPS) is 12.3. The molecule has 1 amide bonds. The number of nitrogens with zero attached hydrogens (tertiary/aromatic N) is 3. The van der Waals surface area contributed by atoms with Gasteiger partial charge in [0, 0.05) is 37.0 Å². The lowest BCUT2D eigenvalue weighted by molar-refractivity contribution is 0.0480. The van der Waals surface area contributed by atoms with Crippen molar-refractivity contribution in [3.05, 3.63) is 114 Å². The van der Waals surface area contributed by atoms with Crippen molar-refractivity contribution in [1.82, 2.24) is 19.8 Å². The molecule has 39 heavy (non-hydrogen) atoms. The molecule has 0 radical (unpaired) electrons. The average Bonchev–Trinajstić information content (AvgIpc) is 3.35. The van der Waals surface area contributed by atoms with Gasteiger partial charge in [-0.15, -0.1) is 0 Å². The first-order valence-electron chi connectivity index (χ1n) is 13.7. The number of aliphatic hydroxyl groups is 1. The highest BCUT2D eigenvalue weighted by atomic mass is 16.3. The SMILES string of the molecule is CC(C)(C)C(c1nc(-c2ccccc2)cn1Cc1ccccc1)N(CCCNCCO)C(=O)c1ccccc1. The molecule has 0 aliphatic rings. The minimum Gasteiger partial charge on any atom is -0.395 e. The highest BCUT2D eigenvalue weighted by molar-refractivity contribution is 5.94. The summed E-state index contributed by atoms with van der Waals surface area (Å²) in [5, 5.41) is 12.4. The van der Waals surface area contributed by atoms with Gasteiger partial charge in [-0.05, 0) is 36.1 Å². The largest absolute Gasteiger partial charge is 0.395 e. The lowest BCUT2D eigenvalue weighted by Crippen LogP contribution is -2.43. The first kappa shape index (κ1) is 28.3. The summed E-state index contributed by atoms with van der Waals surface area (Å²) in [5.74, 6) is 0.867. The smallest absolute Gasteiger partial charge is 0.254 e. The summed E-state index contributed by atoms with van der Waals surface area (Å²) in [6, 6.07) is 29.8. The van der Waals surface area contributed by atoms with Crippen molar-refractivity contribution in [1.29, 1.82) is 0 Å². The van der Waals surface area contributed by atoms with Crippen LogP contribution in [-0.2, 0) is 6.54 Å². The predicted molar refractivity (Wildman–Crippen MR) is 157 cm³/mol. The van der Waals surface area contributed by atoms with Crippen LogP contribution in [0.3, 0.4) is 0 Å². The van der Waals surface area contributed by atoms with Gasteiger partial charge in [0.25, 0.3) is 5.91 Å². The Hall–Kier alpha value is -3.74. The van der Waals surface area contributed by atoms with Crippen molar-refractivity contribution in [2.75, 3.05) is 26.2 Å². The molecule has 0 saturated heterocycles. The van der Waals surface area contributed by atoms with Crippen molar-refractivity contribution in [2.24, 2.45) is 5.41 Å². The van der Waals surface area contributed by atoms with Crippen LogP contribution in [0.5, 0.6) is 0 Å². The summed E-state index contributed by atoms with van der Waals surface area (Å²) in [6.07, 6.45) is 2.88. The molecule has 0 saturated carbocycles. The van der Waals surface area contributed by atoms with Crippen LogP contribution in [0.1, 0.15) is 55.0 Å². The van der Waals surface area contributed by atoms with E-state index >= 15 is 0 Å². The third kappa shape index (κ3) is 7.43. The zero-order chi connectivity index (χ0) is 27.7. The van der Waals surface area contributed by atoms with Crippen LogP contribution < -0.4 is 5.32 Å². The molecule has 2 N–H and O–H groups in total. The van der Waals surface area contributed by atoms with Crippen molar-refractivity contribution >= 4 is 5.91 Å². The number of aromatic nitrogens is 2. The molecule has 0 aliphatic heterocycles. The number of imidazole rings is 1.